The van der Waals surface area contributed by atoms with Gasteiger partial charge in [-0.1, -0.05) is 60.7 Å². The molecule has 22 heavy (non-hydrogen) atoms. The number of piperazine rings is 1. The minimum absolute atomic E-state index is 0.0291. The van der Waals surface area contributed by atoms with Gasteiger partial charge in [-0.05, 0) is 0 Å². The fourth-order valence-corrected chi connectivity index (χ4v) is 3.59. The molecular weight excluding hydrogens is 276 g/mol. The number of hydrogen-bond donors (Lipinski definition) is 1. The molecule has 1 N–H and O–H groups in total. The van der Waals surface area contributed by atoms with E-state index in [-0.39, 0.29) is 12.1 Å². The van der Waals surface area contributed by atoms with Crippen LogP contribution in [0.2, 0.25) is 0 Å². The van der Waals surface area contributed by atoms with E-state index in [0.29, 0.717) is 6.54 Å². The van der Waals surface area contributed by atoms with Crippen LogP contribution in [0.25, 0.3) is 0 Å². The number of fused-ring (bicyclic) bond motifs is 1. The largest absolute Gasteiger partial charge is 0.431 e. The van der Waals surface area contributed by atoms with Gasteiger partial charge in [0, 0.05) is 30.8 Å². The Hall–Kier alpha value is -2.33. The van der Waals surface area contributed by atoms with Crippen LogP contribution in [0.1, 0.15) is 11.1 Å². The summed E-state index contributed by atoms with van der Waals surface area (Å²) in [6.45, 7) is 2.23. The third-order valence-corrected chi connectivity index (χ3v) is 4.60. The predicted octanol–water partition coefficient (Wildman–Crippen LogP) is 2.35. The Morgan fingerprint density at radius 3 is 2.18 bits per heavy atom. The third-order valence-electron chi connectivity index (χ3n) is 4.60. The summed E-state index contributed by atoms with van der Waals surface area (Å²) in [5.74, 6) is 0. The molecule has 0 bridgehead atoms. The molecule has 2 heterocycles. The van der Waals surface area contributed by atoms with Crippen LogP contribution in [0.4, 0.5) is 4.79 Å². The molecule has 0 unspecified atom stereocenters. The molecule has 0 aliphatic carbocycles. The van der Waals surface area contributed by atoms with Crippen molar-refractivity contribution in [3.05, 3.63) is 71.8 Å². The Morgan fingerprint density at radius 2 is 1.59 bits per heavy atom. The van der Waals surface area contributed by atoms with Gasteiger partial charge >= 0.3 is 6.09 Å². The lowest BCUT2D eigenvalue weighted by Gasteiger charge is -2.38. The first-order valence-electron chi connectivity index (χ1n) is 7.64. The summed E-state index contributed by atoms with van der Waals surface area (Å²) in [7, 11) is 0. The normalized spacial score (nSPS) is 23.0. The molecule has 2 aliphatic heterocycles. The van der Waals surface area contributed by atoms with Gasteiger partial charge < -0.3 is 10.1 Å². The summed E-state index contributed by atoms with van der Waals surface area (Å²) >= 11 is 0. The molecule has 1 atom stereocenters. The maximum Gasteiger partial charge on any atom is 0.411 e. The van der Waals surface area contributed by atoms with E-state index in [9.17, 15) is 4.79 Å². The first kappa shape index (κ1) is 13.3. The maximum atomic E-state index is 12.4. The number of nitrogens with one attached hydrogen (secondary N) is 1. The average Bonchev–Trinajstić information content (AvgIpc) is 2.91. The lowest BCUT2D eigenvalue weighted by atomic mass is 9.79. The fourth-order valence-electron chi connectivity index (χ4n) is 3.59. The standard InChI is InChI=1S/C18H18N2O2/c21-17-20-12-11-19-13-16(20)18(22-17,14-7-3-1-4-8-14)15-9-5-2-6-10-15/h1-10,16,19H,11-13H2/t16-/m0/s1. The number of carbonyl (C=O) groups excluding carboxylic acids is 1. The molecule has 112 valence electrons. The van der Waals surface area contributed by atoms with Crippen molar-refractivity contribution in [1.29, 1.82) is 0 Å². The van der Waals surface area contributed by atoms with E-state index in [1.165, 1.54) is 0 Å². The van der Waals surface area contributed by atoms with Crippen LogP contribution in [0.5, 0.6) is 0 Å². The zero-order valence-corrected chi connectivity index (χ0v) is 12.2. The average molecular weight is 294 g/mol. The van der Waals surface area contributed by atoms with Crippen molar-refractivity contribution >= 4 is 6.09 Å². The zero-order valence-electron chi connectivity index (χ0n) is 12.2. The Labute approximate surface area is 129 Å². The number of hydrogen-bond acceptors (Lipinski definition) is 3. The van der Waals surface area contributed by atoms with Gasteiger partial charge in [-0.15, -0.1) is 0 Å². The van der Waals surface area contributed by atoms with Gasteiger partial charge in [0.2, 0.25) is 0 Å². The summed E-state index contributed by atoms with van der Waals surface area (Å²) in [5, 5.41) is 3.40. The number of cyclic esters (lactones) is 1. The van der Waals surface area contributed by atoms with Crippen LogP contribution in [0, 0.1) is 0 Å². The molecule has 2 aromatic rings. The Balaban J connectivity index is 1.92. The molecular formula is C18H18N2O2. The molecule has 2 saturated heterocycles. The quantitative estimate of drug-likeness (QED) is 0.924. The fraction of sp³-hybridized carbons (Fsp3) is 0.278. The molecule has 0 radical (unpaired) electrons. The van der Waals surface area contributed by atoms with Crippen LogP contribution in [-0.2, 0) is 10.3 Å². The molecule has 4 heteroatoms. The summed E-state index contributed by atoms with van der Waals surface area (Å²) in [6.07, 6.45) is -0.223. The molecule has 2 aliphatic rings. The van der Waals surface area contributed by atoms with Gasteiger partial charge in [-0.2, -0.15) is 0 Å². The third kappa shape index (κ3) is 1.84. The van der Waals surface area contributed by atoms with Gasteiger partial charge in [-0.25, -0.2) is 4.79 Å². The van der Waals surface area contributed by atoms with E-state index in [1.807, 2.05) is 65.6 Å². The zero-order chi connectivity index (χ0) is 15.0. The number of nitrogens with zero attached hydrogens (tertiary/aromatic N) is 1. The Morgan fingerprint density at radius 1 is 1.00 bits per heavy atom. The van der Waals surface area contributed by atoms with Crippen LogP contribution in [-0.4, -0.2) is 36.7 Å². The van der Waals surface area contributed by atoms with E-state index < -0.39 is 5.60 Å². The summed E-state index contributed by atoms with van der Waals surface area (Å²) in [6, 6.07) is 20.1. The lowest BCUT2D eigenvalue weighted by molar-refractivity contribution is 0.0658. The second-order valence-electron chi connectivity index (χ2n) is 5.75. The molecule has 2 aromatic carbocycles. The molecule has 0 aromatic heterocycles. The van der Waals surface area contributed by atoms with E-state index in [2.05, 4.69) is 5.32 Å². The second kappa shape index (κ2) is 5.14. The van der Waals surface area contributed by atoms with Crippen molar-refractivity contribution in [2.24, 2.45) is 0 Å². The van der Waals surface area contributed by atoms with E-state index in [0.717, 1.165) is 24.2 Å². The first-order chi connectivity index (χ1) is 10.8. The van der Waals surface area contributed by atoms with Crippen molar-refractivity contribution in [2.45, 2.75) is 11.6 Å². The molecule has 4 rings (SSSR count). The number of amides is 1. The lowest BCUT2D eigenvalue weighted by Crippen LogP contribution is -2.55. The van der Waals surface area contributed by atoms with Crippen LogP contribution >= 0.6 is 0 Å². The maximum absolute atomic E-state index is 12.4. The van der Waals surface area contributed by atoms with Crippen LogP contribution < -0.4 is 5.32 Å². The van der Waals surface area contributed by atoms with Crippen molar-refractivity contribution in [3.8, 4) is 0 Å². The number of rotatable bonds is 2. The van der Waals surface area contributed by atoms with Crippen LogP contribution in [0.15, 0.2) is 60.7 Å². The summed E-state index contributed by atoms with van der Waals surface area (Å²) in [5.41, 5.74) is 1.30. The highest BCUT2D eigenvalue weighted by atomic mass is 16.6. The van der Waals surface area contributed by atoms with Crippen molar-refractivity contribution in [1.82, 2.24) is 10.2 Å². The van der Waals surface area contributed by atoms with E-state index in [4.69, 9.17) is 4.74 Å². The number of ether oxygens (including phenoxy) is 1. The molecule has 0 saturated carbocycles. The minimum Gasteiger partial charge on any atom is -0.431 e. The van der Waals surface area contributed by atoms with Crippen molar-refractivity contribution in [2.75, 3.05) is 19.6 Å². The molecule has 0 spiro atoms. The highest BCUT2D eigenvalue weighted by molar-refractivity contribution is 5.74. The first-order valence-corrected chi connectivity index (χ1v) is 7.64. The van der Waals surface area contributed by atoms with Crippen LogP contribution in [0.3, 0.4) is 0 Å². The predicted molar refractivity (Wildman–Crippen MR) is 83.5 cm³/mol. The van der Waals surface area contributed by atoms with Gasteiger partial charge in [0.05, 0.1) is 6.04 Å². The highest BCUT2D eigenvalue weighted by Crippen LogP contribution is 2.44. The molecule has 1 amide bonds. The van der Waals surface area contributed by atoms with Gasteiger partial charge in [0.15, 0.2) is 5.60 Å². The monoisotopic (exact) mass is 294 g/mol. The van der Waals surface area contributed by atoms with E-state index >= 15 is 0 Å². The summed E-state index contributed by atoms with van der Waals surface area (Å²) in [4.78, 5) is 14.3. The van der Waals surface area contributed by atoms with Crippen molar-refractivity contribution in [3.63, 3.8) is 0 Å². The van der Waals surface area contributed by atoms with Gasteiger partial charge in [0.25, 0.3) is 0 Å². The molecule has 2 fully saturated rings. The van der Waals surface area contributed by atoms with E-state index in [1.54, 1.807) is 0 Å². The second-order valence-corrected chi connectivity index (χ2v) is 5.75. The molecule has 4 nitrogen and oxygen atoms in total. The Kier molecular flexibility index (Phi) is 3.12. The SMILES string of the molecule is O=C1OC(c2ccccc2)(c2ccccc2)[C@@H]2CNCCN12. The summed E-state index contributed by atoms with van der Waals surface area (Å²) < 4.78 is 6.02. The smallest absolute Gasteiger partial charge is 0.411 e. The van der Waals surface area contributed by atoms with Crippen molar-refractivity contribution < 1.29 is 9.53 Å². The Bertz CT molecular complexity index is 633. The van der Waals surface area contributed by atoms with Gasteiger partial charge in [-0.3, -0.25) is 4.90 Å². The number of benzene rings is 2. The topological polar surface area (TPSA) is 41.6 Å². The number of carbonyl (C=O) groups is 1. The van der Waals surface area contributed by atoms with Gasteiger partial charge in [0.1, 0.15) is 0 Å². The minimum atomic E-state index is -0.743. The highest BCUT2D eigenvalue weighted by Gasteiger charge is 2.56.